The zero-order valence-corrected chi connectivity index (χ0v) is 11.8. The summed E-state index contributed by atoms with van der Waals surface area (Å²) in [4.78, 5) is 2.27. The van der Waals surface area contributed by atoms with Gasteiger partial charge in [0.2, 0.25) is 0 Å². The highest BCUT2D eigenvalue weighted by atomic mass is 35.5. The lowest BCUT2D eigenvalue weighted by Crippen LogP contribution is -2.22. The van der Waals surface area contributed by atoms with Gasteiger partial charge in [0.25, 0.3) is 0 Å². The molecule has 0 amide bonds. The third-order valence-corrected chi connectivity index (χ3v) is 2.99. The lowest BCUT2D eigenvalue weighted by atomic mass is 10.1. The zero-order chi connectivity index (χ0) is 12.7. The van der Waals surface area contributed by atoms with Crippen LogP contribution >= 0.6 is 11.6 Å². The molecule has 0 saturated carbocycles. The molecule has 17 heavy (non-hydrogen) atoms. The Morgan fingerprint density at radius 2 is 2.00 bits per heavy atom. The number of benzene rings is 1. The summed E-state index contributed by atoms with van der Waals surface area (Å²) >= 11 is 6.08. The first kappa shape index (κ1) is 14.3. The molecule has 1 rings (SSSR count). The Bertz CT molecular complexity index is 339. The lowest BCUT2D eigenvalue weighted by molar-refractivity contribution is 0.673. The second-order valence-electron chi connectivity index (χ2n) is 4.37. The van der Waals surface area contributed by atoms with Crippen LogP contribution in [0.5, 0.6) is 0 Å². The summed E-state index contributed by atoms with van der Waals surface area (Å²) in [7, 11) is 2.12. The molecular weight excluding hydrogens is 232 g/mol. The van der Waals surface area contributed by atoms with Gasteiger partial charge in [-0.1, -0.05) is 31.5 Å². The molecule has 0 heterocycles. The van der Waals surface area contributed by atoms with E-state index in [1.54, 1.807) is 0 Å². The SMILES string of the molecule is CCCNCc1ccc(Cl)cc1N(C)CCC. The van der Waals surface area contributed by atoms with Crippen molar-refractivity contribution in [2.24, 2.45) is 0 Å². The summed E-state index contributed by atoms with van der Waals surface area (Å²) in [5, 5.41) is 4.25. The fraction of sp³-hybridized carbons (Fsp3) is 0.571. The highest BCUT2D eigenvalue weighted by Crippen LogP contribution is 2.24. The molecule has 0 saturated heterocycles. The lowest BCUT2D eigenvalue weighted by Gasteiger charge is -2.22. The number of halogens is 1. The van der Waals surface area contributed by atoms with Crippen LogP contribution in [-0.2, 0) is 6.54 Å². The monoisotopic (exact) mass is 254 g/mol. The van der Waals surface area contributed by atoms with Crippen molar-refractivity contribution in [2.45, 2.75) is 33.2 Å². The Hall–Kier alpha value is -0.730. The number of hydrogen-bond donors (Lipinski definition) is 1. The van der Waals surface area contributed by atoms with E-state index in [0.29, 0.717) is 0 Å². The van der Waals surface area contributed by atoms with Crippen LogP contribution in [-0.4, -0.2) is 20.1 Å². The maximum Gasteiger partial charge on any atom is 0.0426 e. The molecule has 96 valence electrons. The minimum atomic E-state index is 0.808. The third kappa shape index (κ3) is 4.57. The molecule has 1 aromatic rings. The van der Waals surface area contributed by atoms with E-state index in [1.807, 2.05) is 6.07 Å². The van der Waals surface area contributed by atoms with E-state index in [0.717, 1.165) is 37.5 Å². The van der Waals surface area contributed by atoms with Gasteiger partial charge in [-0.15, -0.1) is 0 Å². The van der Waals surface area contributed by atoms with Gasteiger partial charge in [-0.2, -0.15) is 0 Å². The quantitative estimate of drug-likeness (QED) is 0.747. The van der Waals surface area contributed by atoms with Gasteiger partial charge in [0.15, 0.2) is 0 Å². The van der Waals surface area contributed by atoms with Crippen LogP contribution in [0.25, 0.3) is 0 Å². The molecule has 2 nitrogen and oxygen atoms in total. The Morgan fingerprint density at radius 3 is 2.65 bits per heavy atom. The predicted octanol–water partition coefficient (Wildman–Crippen LogP) is 3.69. The third-order valence-electron chi connectivity index (χ3n) is 2.76. The van der Waals surface area contributed by atoms with Crippen LogP contribution in [0.4, 0.5) is 5.69 Å². The van der Waals surface area contributed by atoms with E-state index >= 15 is 0 Å². The van der Waals surface area contributed by atoms with Crippen LogP contribution in [0.3, 0.4) is 0 Å². The van der Waals surface area contributed by atoms with Crippen LogP contribution in [0.2, 0.25) is 5.02 Å². The molecule has 1 N–H and O–H groups in total. The average molecular weight is 255 g/mol. The molecule has 0 fully saturated rings. The van der Waals surface area contributed by atoms with Gasteiger partial charge in [0, 0.05) is 30.8 Å². The summed E-state index contributed by atoms with van der Waals surface area (Å²) in [6, 6.07) is 6.14. The van der Waals surface area contributed by atoms with Gasteiger partial charge in [-0.3, -0.25) is 0 Å². The Kier molecular flexibility index (Phi) is 6.38. The van der Waals surface area contributed by atoms with Crippen molar-refractivity contribution >= 4 is 17.3 Å². The molecule has 0 aliphatic rings. The smallest absolute Gasteiger partial charge is 0.0426 e. The average Bonchev–Trinajstić information content (AvgIpc) is 2.31. The molecular formula is C14H23ClN2. The maximum atomic E-state index is 6.08. The second-order valence-corrected chi connectivity index (χ2v) is 4.81. The fourth-order valence-corrected chi connectivity index (χ4v) is 2.06. The van der Waals surface area contributed by atoms with E-state index in [4.69, 9.17) is 11.6 Å². The zero-order valence-electron chi connectivity index (χ0n) is 11.1. The largest absolute Gasteiger partial charge is 0.374 e. The molecule has 0 aromatic heterocycles. The molecule has 0 spiro atoms. The Balaban J connectivity index is 2.79. The molecule has 1 aromatic carbocycles. The molecule has 0 radical (unpaired) electrons. The maximum absolute atomic E-state index is 6.08. The van der Waals surface area contributed by atoms with Crippen LogP contribution in [0.15, 0.2) is 18.2 Å². The van der Waals surface area contributed by atoms with Gasteiger partial charge in [0.1, 0.15) is 0 Å². The second kappa shape index (κ2) is 7.57. The van der Waals surface area contributed by atoms with Crippen molar-refractivity contribution in [3.8, 4) is 0 Å². The molecule has 0 atom stereocenters. The fourth-order valence-electron chi connectivity index (χ4n) is 1.90. The van der Waals surface area contributed by atoms with Gasteiger partial charge < -0.3 is 10.2 Å². The molecule has 0 unspecified atom stereocenters. The molecule has 0 aliphatic carbocycles. The number of rotatable bonds is 7. The summed E-state index contributed by atoms with van der Waals surface area (Å²) in [5.41, 5.74) is 2.56. The van der Waals surface area contributed by atoms with Crippen molar-refractivity contribution in [2.75, 3.05) is 25.0 Å². The molecule has 0 aliphatic heterocycles. The minimum Gasteiger partial charge on any atom is -0.374 e. The highest BCUT2D eigenvalue weighted by molar-refractivity contribution is 6.30. The van der Waals surface area contributed by atoms with Gasteiger partial charge in [-0.25, -0.2) is 0 Å². The van der Waals surface area contributed by atoms with Gasteiger partial charge in [-0.05, 0) is 37.1 Å². The van der Waals surface area contributed by atoms with E-state index in [-0.39, 0.29) is 0 Å². The van der Waals surface area contributed by atoms with Crippen molar-refractivity contribution in [3.05, 3.63) is 28.8 Å². The number of nitrogens with one attached hydrogen (secondary N) is 1. The van der Waals surface area contributed by atoms with Crippen molar-refractivity contribution in [3.63, 3.8) is 0 Å². The number of hydrogen-bond acceptors (Lipinski definition) is 2. The summed E-state index contributed by atoms with van der Waals surface area (Å²) in [6.45, 7) is 7.39. The highest BCUT2D eigenvalue weighted by Gasteiger charge is 2.07. The van der Waals surface area contributed by atoms with E-state index in [2.05, 4.69) is 43.2 Å². The van der Waals surface area contributed by atoms with Crippen molar-refractivity contribution in [1.29, 1.82) is 0 Å². The summed E-state index contributed by atoms with van der Waals surface area (Å²) in [6.07, 6.45) is 2.30. The Morgan fingerprint density at radius 1 is 1.24 bits per heavy atom. The number of nitrogens with zero attached hydrogens (tertiary/aromatic N) is 1. The van der Waals surface area contributed by atoms with Gasteiger partial charge in [0.05, 0.1) is 0 Å². The molecule has 0 bridgehead atoms. The summed E-state index contributed by atoms with van der Waals surface area (Å²) < 4.78 is 0. The minimum absolute atomic E-state index is 0.808. The first-order valence-electron chi connectivity index (χ1n) is 6.39. The predicted molar refractivity (Wildman–Crippen MR) is 77.0 cm³/mol. The van der Waals surface area contributed by atoms with Gasteiger partial charge >= 0.3 is 0 Å². The van der Waals surface area contributed by atoms with Crippen molar-refractivity contribution < 1.29 is 0 Å². The van der Waals surface area contributed by atoms with E-state index in [9.17, 15) is 0 Å². The van der Waals surface area contributed by atoms with Crippen LogP contribution < -0.4 is 10.2 Å². The topological polar surface area (TPSA) is 15.3 Å². The van der Waals surface area contributed by atoms with Crippen LogP contribution in [0, 0.1) is 0 Å². The van der Waals surface area contributed by atoms with Crippen molar-refractivity contribution in [1.82, 2.24) is 5.32 Å². The first-order valence-corrected chi connectivity index (χ1v) is 6.77. The summed E-state index contributed by atoms with van der Waals surface area (Å²) in [5.74, 6) is 0. The van der Waals surface area contributed by atoms with Crippen LogP contribution in [0.1, 0.15) is 32.3 Å². The standard InChI is InChI=1S/C14H23ClN2/c1-4-8-16-11-12-6-7-13(15)10-14(12)17(3)9-5-2/h6-7,10,16H,4-5,8-9,11H2,1-3H3. The van der Waals surface area contributed by atoms with E-state index < -0.39 is 0 Å². The first-order chi connectivity index (χ1) is 8.19. The molecule has 3 heteroatoms. The normalized spacial score (nSPS) is 10.6. The Labute approximate surface area is 110 Å². The number of anilines is 1. The van der Waals surface area contributed by atoms with E-state index in [1.165, 1.54) is 11.3 Å².